The highest BCUT2D eigenvalue weighted by molar-refractivity contribution is 4.98. The molecule has 1 unspecified atom stereocenters. The van der Waals surface area contributed by atoms with E-state index in [-0.39, 0.29) is 0 Å². The third kappa shape index (κ3) is 4.10. The van der Waals surface area contributed by atoms with Gasteiger partial charge in [0.1, 0.15) is 0 Å². The van der Waals surface area contributed by atoms with E-state index < -0.39 is 0 Å². The van der Waals surface area contributed by atoms with Crippen molar-refractivity contribution >= 4 is 0 Å². The molecule has 1 aromatic heterocycles. The average Bonchev–Trinajstić information content (AvgIpc) is 2.85. The molecule has 4 heteroatoms. The van der Waals surface area contributed by atoms with Crippen molar-refractivity contribution in [3.63, 3.8) is 0 Å². The highest BCUT2D eigenvalue weighted by Gasteiger charge is 2.12. The first-order valence-electron chi connectivity index (χ1n) is 7.12. The molecule has 2 rings (SSSR count). The smallest absolute Gasteiger partial charge is 0.0762 e. The number of hydrogen-bond acceptors (Lipinski definition) is 3. The number of hydrogen-bond donors (Lipinski definition) is 1. The quantitative estimate of drug-likeness (QED) is 0.790. The maximum atomic E-state index is 5.71. The standard InChI is InChI=1S/C14H25N3O/c1-12(2)17-9-7-13(16-17)11-15-8-6-14-5-3-4-10-18-14/h7,9,12,14-15H,3-6,8,10-11H2,1-2H3. The van der Waals surface area contributed by atoms with Crippen LogP contribution >= 0.6 is 0 Å². The molecule has 0 aromatic carbocycles. The first-order valence-corrected chi connectivity index (χ1v) is 7.12. The van der Waals surface area contributed by atoms with Gasteiger partial charge in [-0.25, -0.2) is 0 Å². The van der Waals surface area contributed by atoms with E-state index >= 15 is 0 Å². The lowest BCUT2D eigenvalue weighted by Gasteiger charge is -2.22. The summed E-state index contributed by atoms with van der Waals surface area (Å²) < 4.78 is 7.71. The molecule has 0 spiro atoms. The van der Waals surface area contributed by atoms with Crippen LogP contribution in [-0.4, -0.2) is 29.0 Å². The van der Waals surface area contributed by atoms with Crippen molar-refractivity contribution in [1.29, 1.82) is 0 Å². The molecule has 1 N–H and O–H groups in total. The zero-order chi connectivity index (χ0) is 12.8. The van der Waals surface area contributed by atoms with Crippen LogP contribution in [-0.2, 0) is 11.3 Å². The second-order valence-corrected chi connectivity index (χ2v) is 5.33. The molecule has 2 heterocycles. The van der Waals surface area contributed by atoms with Gasteiger partial charge in [-0.1, -0.05) is 0 Å². The van der Waals surface area contributed by atoms with E-state index in [0.29, 0.717) is 12.1 Å². The Labute approximate surface area is 110 Å². The molecule has 1 saturated heterocycles. The van der Waals surface area contributed by atoms with Crippen molar-refractivity contribution in [3.05, 3.63) is 18.0 Å². The zero-order valence-corrected chi connectivity index (χ0v) is 11.6. The number of aromatic nitrogens is 2. The minimum absolute atomic E-state index is 0.439. The Balaban J connectivity index is 1.62. The largest absolute Gasteiger partial charge is 0.378 e. The predicted octanol–water partition coefficient (Wildman–Crippen LogP) is 2.51. The minimum Gasteiger partial charge on any atom is -0.378 e. The van der Waals surface area contributed by atoms with E-state index in [1.807, 2.05) is 10.9 Å². The fourth-order valence-corrected chi connectivity index (χ4v) is 2.27. The van der Waals surface area contributed by atoms with Crippen LogP contribution in [0.4, 0.5) is 0 Å². The third-order valence-corrected chi connectivity index (χ3v) is 3.42. The molecule has 0 radical (unpaired) electrons. The monoisotopic (exact) mass is 251 g/mol. The molecule has 1 aliphatic rings. The van der Waals surface area contributed by atoms with Gasteiger partial charge in [0.15, 0.2) is 0 Å². The average molecular weight is 251 g/mol. The molecule has 1 fully saturated rings. The van der Waals surface area contributed by atoms with Gasteiger partial charge in [-0.2, -0.15) is 5.10 Å². The van der Waals surface area contributed by atoms with Gasteiger partial charge in [0, 0.05) is 25.4 Å². The van der Waals surface area contributed by atoms with Gasteiger partial charge >= 0.3 is 0 Å². The summed E-state index contributed by atoms with van der Waals surface area (Å²) in [5.41, 5.74) is 1.12. The summed E-state index contributed by atoms with van der Waals surface area (Å²) in [5, 5.41) is 7.96. The summed E-state index contributed by atoms with van der Waals surface area (Å²) in [6.45, 7) is 7.10. The van der Waals surface area contributed by atoms with Crippen molar-refractivity contribution in [1.82, 2.24) is 15.1 Å². The Morgan fingerprint density at radius 3 is 3.06 bits per heavy atom. The van der Waals surface area contributed by atoms with Gasteiger partial charge in [0.2, 0.25) is 0 Å². The maximum absolute atomic E-state index is 5.71. The molecule has 0 saturated carbocycles. The summed E-state index contributed by atoms with van der Waals surface area (Å²) in [4.78, 5) is 0. The molecule has 18 heavy (non-hydrogen) atoms. The van der Waals surface area contributed by atoms with Crippen molar-refractivity contribution in [2.24, 2.45) is 0 Å². The lowest BCUT2D eigenvalue weighted by atomic mass is 10.1. The molecule has 1 aliphatic heterocycles. The minimum atomic E-state index is 0.439. The summed E-state index contributed by atoms with van der Waals surface area (Å²) in [6, 6.07) is 2.53. The predicted molar refractivity (Wildman–Crippen MR) is 72.5 cm³/mol. The van der Waals surface area contributed by atoms with Crippen LogP contribution in [0.1, 0.15) is 51.3 Å². The van der Waals surface area contributed by atoms with E-state index in [2.05, 4.69) is 30.3 Å². The van der Waals surface area contributed by atoms with E-state index in [9.17, 15) is 0 Å². The Morgan fingerprint density at radius 1 is 1.50 bits per heavy atom. The normalized spacial score (nSPS) is 20.5. The molecular formula is C14H25N3O. The first-order chi connectivity index (χ1) is 8.75. The van der Waals surface area contributed by atoms with Crippen molar-refractivity contribution in [2.75, 3.05) is 13.2 Å². The lowest BCUT2D eigenvalue weighted by molar-refractivity contribution is 0.0115. The Bertz CT molecular complexity index is 343. The SMILES string of the molecule is CC(C)n1ccc(CNCCC2CCCCO2)n1. The molecule has 0 amide bonds. The molecule has 0 aliphatic carbocycles. The van der Waals surface area contributed by atoms with Crippen LogP contribution in [0.15, 0.2) is 12.3 Å². The summed E-state index contributed by atoms with van der Waals surface area (Å²) in [5.74, 6) is 0. The summed E-state index contributed by atoms with van der Waals surface area (Å²) >= 11 is 0. The van der Waals surface area contributed by atoms with Crippen LogP contribution < -0.4 is 5.32 Å². The van der Waals surface area contributed by atoms with Gasteiger partial charge in [-0.3, -0.25) is 4.68 Å². The van der Waals surface area contributed by atoms with Crippen molar-refractivity contribution in [3.8, 4) is 0 Å². The van der Waals surface area contributed by atoms with Crippen LogP contribution in [0.3, 0.4) is 0 Å². The van der Waals surface area contributed by atoms with Gasteiger partial charge in [-0.05, 0) is 52.1 Å². The van der Waals surface area contributed by atoms with Crippen LogP contribution in [0.2, 0.25) is 0 Å². The third-order valence-electron chi connectivity index (χ3n) is 3.42. The fourth-order valence-electron chi connectivity index (χ4n) is 2.27. The molecule has 0 bridgehead atoms. The summed E-state index contributed by atoms with van der Waals surface area (Å²) in [6.07, 6.45) is 7.42. The van der Waals surface area contributed by atoms with Crippen LogP contribution in [0.5, 0.6) is 0 Å². The lowest BCUT2D eigenvalue weighted by Crippen LogP contribution is -2.25. The second kappa shape index (κ2) is 6.90. The maximum Gasteiger partial charge on any atom is 0.0762 e. The van der Waals surface area contributed by atoms with Gasteiger partial charge in [0.25, 0.3) is 0 Å². The zero-order valence-electron chi connectivity index (χ0n) is 11.6. The molecule has 4 nitrogen and oxygen atoms in total. The number of rotatable bonds is 6. The highest BCUT2D eigenvalue weighted by Crippen LogP contribution is 2.14. The van der Waals surface area contributed by atoms with Gasteiger partial charge in [0.05, 0.1) is 11.8 Å². The first kappa shape index (κ1) is 13.6. The van der Waals surface area contributed by atoms with E-state index in [1.165, 1.54) is 19.3 Å². The van der Waals surface area contributed by atoms with Gasteiger partial charge in [-0.15, -0.1) is 0 Å². The van der Waals surface area contributed by atoms with Crippen molar-refractivity contribution in [2.45, 2.75) is 58.2 Å². The Morgan fingerprint density at radius 2 is 2.39 bits per heavy atom. The molecule has 102 valence electrons. The Hall–Kier alpha value is -0.870. The Kier molecular flexibility index (Phi) is 5.20. The topological polar surface area (TPSA) is 39.1 Å². The highest BCUT2D eigenvalue weighted by atomic mass is 16.5. The molecular weight excluding hydrogens is 226 g/mol. The number of nitrogens with zero attached hydrogens (tertiary/aromatic N) is 2. The summed E-state index contributed by atoms with van der Waals surface area (Å²) in [7, 11) is 0. The fraction of sp³-hybridized carbons (Fsp3) is 0.786. The van der Waals surface area contributed by atoms with E-state index in [0.717, 1.165) is 31.8 Å². The van der Waals surface area contributed by atoms with E-state index in [1.54, 1.807) is 0 Å². The molecule has 1 atom stereocenters. The number of nitrogens with one attached hydrogen (secondary N) is 1. The second-order valence-electron chi connectivity index (χ2n) is 5.33. The van der Waals surface area contributed by atoms with Crippen molar-refractivity contribution < 1.29 is 4.74 Å². The van der Waals surface area contributed by atoms with Gasteiger partial charge < -0.3 is 10.1 Å². The van der Waals surface area contributed by atoms with E-state index in [4.69, 9.17) is 4.74 Å². The van der Waals surface area contributed by atoms with Crippen LogP contribution in [0, 0.1) is 0 Å². The number of ether oxygens (including phenoxy) is 1. The molecule has 1 aromatic rings. The van der Waals surface area contributed by atoms with Crippen LogP contribution in [0.25, 0.3) is 0 Å².